The van der Waals surface area contributed by atoms with Crippen LogP contribution in [-0.2, 0) is 14.3 Å². The lowest BCUT2D eigenvalue weighted by Gasteiger charge is -2.63. The molecule has 3 aliphatic carbocycles. The van der Waals surface area contributed by atoms with Crippen LogP contribution in [0.25, 0.3) is 0 Å². The summed E-state index contributed by atoms with van der Waals surface area (Å²) in [6, 6.07) is 3.98. The lowest BCUT2D eigenvalue weighted by Crippen LogP contribution is -2.64. The van der Waals surface area contributed by atoms with E-state index in [2.05, 4.69) is 13.5 Å². The van der Waals surface area contributed by atoms with Crippen molar-refractivity contribution in [1.82, 2.24) is 0 Å². The van der Waals surface area contributed by atoms with E-state index in [0.717, 1.165) is 12.0 Å². The molecule has 6 nitrogen and oxygen atoms in total. The van der Waals surface area contributed by atoms with E-state index in [-0.39, 0.29) is 36.6 Å². The van der Waals surface area contributed by atoms with Crippen molar-refractivity contribution in [2.45, 2.75) is 31.3 Å². The van der Waals surface area contributed by atoms with Gasteiger partial charge in [0.1, 0.15) is 11.4 Å². The van der Waals surface area contributed by atoms with E-state index >= 15 is 0 Å². The Bertz CT molecular complexity index is 966. The van der Waals surface area contributed by atoms with Gasteiger partial charge in [0.15, 0.2) is 24.1 Å². The molecule has 1 aromatic carbocycles. The first-order chi connectivity index (χ1) is 13.6. The van der Waals surface area contributed by atoms with Gasteiger partial charge in [0, 0.05) is 17.4 Å². The van der Waals surface area contributed by atoms with Gasteiger partial charge in [-0.2, -0.15) is 0 Å². The third kappa shape index (κ3) is 1.46. The van der Waals surface area contributed by atoms with Crippen LogP contribution < -0.4 is 14.2 Å². The Morgan fingerprint density at radius 3 is 2.93 bits per heavy atom. The molecule has 0 amide bonds. The Kier molecular flexibility index (Phi) is 2.90. The molecule has 3 fully saturated rings. The predicted molar refractivity (Wildman–Crippen MR) is 98.2 cm³/mol. The van der Waals surface area contributed by atoms with Gasteiger partial charge in [0.2, 0.25) is 12.5 Å². The molecule has 6 heteroatoms. The smallest absolute Gasteiger partial charge is 0.231 e. The molecule has 0 N–H and O–H groups in total. The van der Waals surface area contributed by atoms with Crippen LogP contribution in [0.3, 0.4) is 0 Å². The number of ketones is 1. The van der Waals surface area contributed by atoms with Crippen LogP contribution in [0.2, 0.25) is 0 Å². The molecule has 28 heavy (non-hydrogen) atoms. The van der Waals surface area contributed by atoms with Crippen molar-refractivity contribution < 1.29 is 28.5 Å². The van der Waals surface area contributed by atoms with Crippen molar-refractivity contribution >= 4 is 5.78 Å². The Labute approximate surface area is 163 Å². The molecule has 1 aromatic rings. The minimum absolute atomic E-state index is 0.0165. The Morgan fingerprint density at radius 1 is 1.29 bits per heavy atom. The molecule has 2 heterocycles. The van der Waals surface area contributed by atoms with E-state index in [1.54, 1.807) is 13.2 Å². The number of carbonyl (C=O) groups is 1. The van der Waals surface area contributed by atoms with E-state index in [4.69, 9.17) is 23.7 Å². The average Bonchev–Trinajstić information content (AvgIpc) is 2.97. The van der Waals surface area contributed by atoms with Crippen molar-refractivity contribution in [3.63, 3.8) is 0 Å². The summed E-state index contributed by atoms with van der Waals surface area (Å²) in [6.07, 6.45) is 4.96. The second-order valence-corrected chi connectivity index (χ2v) is 8.44. The maximum absolute atomic E-state index is 13.5. The molecule has 1 saturated heterocycles. The molecular weight excluding hydrogens is 360 g/mol. The molecule has 2 saturated carbocycles. The number of hydrogen-bond donors (Lipinski definition) is 0. The molecule has 0 unspecified atom stereocenters. The molecule has 2 aliphatic heterocycles. The number of rotatable bonds is 4. The number of ether oxygens (including phenoxy) is 5. The van der Waals surface area contributed by atoms with E-state index in [1.165, 1.54) is 0 Å². The molecule has 0 aromatic heterocycles. The monoisotopic (exact) mass is 382 g/mol. The standard InChI is InChI=1S/C22H22O6/c1-4-5-20-16(23)8-17-22(28-11-26-17)9-21(20,22)12(2)18(20)13-6-14(24-3)19-15(7-13)25-10-27-19/h4,6-8,12,18H,1,5,9-11H2,2-3H3/t12-,18+,20+,21-,22+/m0/s1. The molecule has 5 atom stereocenters. The largest absolute Gasteiger partial charge is 0.493 e. The lowest BCUT2D eigenvalue weighted by molar-refractivity contribution is -0.167. The van der Waals surface area contributed by atoms with Crippen molar-refractivity contribution in [2.75, 3.05) is 20.7 Å². The fraction of sp³-hybridized carbons (Fsp3) is 0.500. The number of fused-ring (bicyclic) bond motifs is 1. The number of allylic oxidation sites excluding steroid dienone is 2. The SMILES string of the molecule is C=CC[C@]12C(=O)C=C3OCO[C@]34C[C@@]41[C@@H](C)[C@@H]2c1cc(OC)c2c(c1)OCO2. The van der Waals surface area contributed by atoms with Crippen LogP contribution in [0, 0.1) is 16.7 Å². The zero-order chi connectivity index (χ0) is 19.3. The topological polar surface area (TPSA) is 63.2 Å². The second kappa shape index (κ2) is 4.92. The van der Waals surface area contributed by atoms with E-state index in [9.17, 15) is 4.79 Å². The van der Waals surface area contributed by atoms with Gasteiger partial charge in [0.05, 0.1) is 12.5 Å². The van der Waals surface area contributed by atoms with Gasteiger partial charge >= 0.3 is 0 Å². The number of carbonyl (C=O) groups excluding carboxylic acids is 1. The normalized spacial score (nSPS) is 41.1. The Balaban J connectivity index is 1.53. The van der Waals surface area contributed by atoms with Crippen LogP contribution >= 0.6 is 0 Å². The molecule has 2 spiro atoms. The van der Waals surface area contributed by atoms with Crippen molar-refractivity contribution in [2.24, 2.45) is 16.7 Å². The third-order valence-corrected chi connectivity index (χ3v) is 7.85. The Hall–Kier alpha value is -2.47. The van der Waals surface area contributed by atoms with Crippen molar-refractivity contribution in [3.05, 3.63) is 42.2 Å². The van der Waals surface area contributed by atoms with Gasteiger partial charge < -0.3 is 23.7 Å². The third-order valence-electron chi connectivity index (χ3n) is 7.85. The zero-order valence-electron chi connectivity index (χ0n) is 15.9. The van der Waals surface area contributed by atoms with Crippen LogP contribution in [0.4, 0.5) is 0 Å². The molecule has 0 radical (unpaired) electrons. The fourth-order valence-corrected chi connectivity index (χ4v) is 6.88. The highest BCUT2D eigenvalue weighted by Gasteiger charge is 2.92. The fourth-order valence-electron chi connectivity index (χ4n) is 6.88. The van der Waals surface area contributed by atoms with E-state index < -0.39 is 11.0 Å². The maximum atomic E-state index is 13.5. The van der Waals surface area contributed by atoms with Crippen LogP contribution in [0.5, 0.6) is 17.2 Å². The first-order valence-corrected chi connectivity index (χ1v) is 9.67. The molecular formula is C22H22O6. The highest BCUT2D eigenvalue weighted by molar-refractivity contribution is 6.02. The minimum Gasteiger partial charge on any atom is -0.493 e. The minimum atomic E-state index is -0.579. The molecule has 6 rings (SSSR count). The quantitative estimate of drug-likeness (QED) is 0.745. The molecule has 146 valence electrons. The molecule has 5 aliphatic rings. The van der Waals surface area contributed by atoms with Crippen molar-refractivity contribution in [1.29, 1.82) is 0 Å². The second-order valence-electron chi connectivity index (χ2n) is 8.44. The number of benzene rings is 1. The highest BCUT2D eigenvalue weighted by atomic mass is 16.7. The summed E-state index contributed by atoms with van der Waals surface area (Å²) in [5.74, 6) is 3.01. The van der Waals surface area contributed by atoms with E-state index in [1.807, 2.05) is 18.2 Å². The van der Waals surface area contributed by atoms with Crippen LogP contribution in [0.1, 0.15) is 31.2 Å². The summed E-state index contributed by atoms with van der Waals surface area (Å²) >= 11 is 0. The lowest BCUT2D eigenvalue weighted by atomic mass is 9.38. The predicted octanol–water partition coefficient (Wildman–Crippen LogP) is 3.32. The van der Waals surface area contributed by atoms with Gasteiger partial charge in [-0.05, 0) is 36.5 Å². The van der Waals surface area contributed by atoms with E-state index in [0.29, 0.717) is 29.4 Å². The first kappa shape index (κ1) is 16.5. The number of methoxy groups -OCH3 is 1. The van der Waals surface area contributed by atoms with Crippen LogP contribution in [-0.4, -0.2) is 32.1 Å². The van der Waals surface area contributed by atoms with Gasteiger partial charge in [-0.25, -0.2) is 0 Å². The zero-order valence-corrected chi connectivity index (χ0v) is 15.9. The summed E-state index contributed by atoms with van der Waals surface area (Å²) < 4.78 is 28.5. The maximum Gasteiger partial charge on any atom is 0.231 e. The average molecular weight is 382 g/mol. The first-order valence-electron chi connectivity index (χ1n) is 9.67. The van der Waals surface area contributed by atoms with Crippen LogP contribution in [0.15, 0.2) is 36.6 Å². The molecule has 0 bridgehead atoms. The highest BCUT2D eigenvalue weighted by Crippen LogP contribution is 2.89. The summed E-state index contributed by atoms with van der Waals surface area (Å²) in [4.78, 5) is 13.5. The van der Waals surface area contributed by atoms with Gasteiger partial charge in [0.25, 0.3) is 0 Å². The number of hydrogen-bond acceptors (Lipinski definition) is 6. The van der Waals surface area contributed by atoms with Gasteiger partial charge in [-0.3, -0.25) is 4.79 Å². The summed E-state index contributed by atoms with van der Waals surface area (Å²) in [7, 11) is 1.62. The van der Waals surface area contributed by atoms with Gasteiger partial charge in [-0.15, -0.1) is 6.58 Å². The summed E-state index contributed by atoms with van der Waals surface area (Å²) in [6.45, 7) is 6.58. The summed E-state index contributed by atoms with van der Waals surface area (Å²) in [5.41, 5.74) is -0.225. The Morgan fingerprint density at radius 2 is 2.14 bits per heavy atom. The summed E-state index contributed by atoms with van der Waals surface area (Å²) in [5, 5.41) is 0. The van der Waals surface area contributed by atoms with Gasteiger partial charge in [-0.1, -0.05) is 13.0 Å². The van der Waals surface area contributed by atoms with Crippen molar-refractivity contribution in [3.8, 4) is 17.2 Å².